The van der Waals surface area contributed by atoms with Gasteiger partial charge in [-0.2, -0.15) is 5.10 Å². The van der Waals surface area contributed by atoms with Gasteiger partial charge in [-0.25, -0.2) is 5.01 Å². The summed E-state index contributed by atoms with van der Waals surface area (Å²) in [6.45, 7) is 1.81. The molecule has 28 heavy (non-hydrogen) atoms. The van der Waals surface area contributed by atoms with E-state index in [1.165, 1.54) is 17.7 Å². The Morgan fingerprint density at radius 1 is 1.29 bits per heavy atom. The summed E-state index contributed by atoms with van der Waals surface area (Å²) >= 11 is 0. The lowest BCUT2D eigenvalue weighted by atomic mass is 9.77. The van der Waals surface area contributed by atoms with Crippen molar-refractivity contribution in [2.75, 3.05) is 7.11 Å². The Bertz CT molecular complexity index is 968. The van der Waals surface area contributed by atoms with Gasteiger partial charge in [0.15, 0.2) is 0 Å². The van der Waals surface area contributed by atoms with Gasteiger partial charge in [-0.3, -0.25) is 14.9 Å². The molecule has 7 heteroatoms. The van der Waals surface area contributed by atoms with Gasteiger partial charge in [0.1, 0.15) is 5.75 Å². The number of hydrogen-bond acceptors (Lipinski definition) is 5. The highest BCUT2D eigenvalue weighted by molar-refractivity contribution is 6.07. The van der Waals surface area contributed by atoms with Gasteiger partial charge in [-0.1, -0.05) is 25.1 Å². The molecule has 4 rings (SSSR count). The normalized spacial score (nSPS) is 20.2. The number of hydrazone groups is 1. The Labute approximate surface area is 162 Å². The Balaban J connectivity index is 1.77. The van der Waals surface area contributed by atoms with Crippen LogP contribution < -0.4 is 4.74 Å². The fourth-order valence-electron chi connectivity index (χ4n) is 4.11. The van der Waals surface area contributed by atoms with Crippen molar-refractivity contribution in [2.45, 2.75) is 32.2 Å². The van der Waals surface area contributed by atoms with Crippen LogP contribution in [0.25, 0.3) is 0 Å². The van der Waals surface area contributed by atoms with Crippen LogP contribution in [0.3, 0.4) is 0 Å². The van der Waals surface area contributed by atoms with Gasteiger partial charge in [-0.05, 0) is 36.1 Å². The minimum absolute atomic E-state index is 0.0370. The lowest BCUT2D eigenvalue weighted by Crippen LogP contribution is -2.31. The molecule has 0 saturated carbocycles. The summed E-state index contributed by atoms with van der Waals surface area (Å²) in [5.41, 5.74) is 4.01. The molecule has 1 aliphatic carbocycles. The van der Waals surface area contributed by atoms with Crippen LogP contribution in [-0.2, 0) is 11.2 Å². The zero-order valence-electron chi connectivity index (χ0n) is 15.8. The van der Waals surface area contributed by atoms with Gasteiger partial charge >= 0.3 is 0 Å². The fourth-order valence-corrected chi connectivity index (χ4v) is 4.11. The van der Waals surface area contributed by atoms with Crippen molar-refractivity contribution in [1.29, 1.82) is 0 Å². The average Bonchev–Trinajstić information content (AvgIpc) is 3.12. The lowest BCUT2D eigenvalue weighted by Gasteiger charge is -2.29. The molecule has 2 aromatic rings. The highest BCUT2D eigenvalue weighted by atomic mass is 16.6. The van der Waals surface area contributed by atoms with Gasteiger partial charge in [0.05, 0.1) is 23.8 Å². The van der Waals surface area contributed by atoms with E-state index in [-0.39, 0.29) is 23.6 Å². The molecule has 0 aromatic heterocycles. The summed E-state index contributed by atoms with van der Waals surface area (Å²) < 4.78 is 5.37. The first-order valence-corrected chi connectivity index (χ1v) is 9.35. The largest absolute Gasteiger partial charge is 0.497 e. The van der Waals surface area contributed by atoms with Crippen molar-refractivity contribution >= 4 is 17.3 Å². The summed E-state index contributed by atoms with van der Waals surface area (Å²) in [4.78, 5) is 23.2. The van der Waals surface area contributed by atoms with Crippen molar-refractivity contribution < 1.29 is 14.5 Å². The van der Waals surface area contributed by atoms with Crippen molar-refractivity contribution in [1.82, 2.24) is 5.01 Å². The van der Waals surface area contributed by atoms with Crippen LogP contribution in [0.1, 0.15) is 42.5 Å². The molecule has 1 amide bonds. The van der Waals surface area contributed by atoms with E-state index in [1.807, 2.05) is 19.1 Å². The molecule has 1 aliphatic heterocycles. The smallest absolute Gasteiger partial charge is 0.269 e. The Morgan fingerprint density at radius 2 is 2.04 bits per heavy atom. The van der Waals surface area contributed by atoms with E-state index in [0.29, 0.717) is 6.42 Å². The van der Waals surface area contributed by atoms with Crippen LogP contribution in [0.5, 0.6) is 5.75 Å². The number of methoxy groups -OCH3 is 1. The van der Waals surface area contributed by atoms with Crippen LogP contribution in [0.2, 0.25) is 0 Å². The number of hydrogen-bond donors (Lipinski definition) is 0. The SMILES string of the molecule is CCC(=O)N1N=C2c3cc(OC)ccc3CCC2C1c1ccc([N+](=O)[O-])cc1. The fraction of sp³-hybridized carbons (Fsp3) is 0.333. The Kier molecular flexibility index (Phi) is 4.58. The molecular weight excluding hydrogens is 358 g/mol. The van der Waals surface area contributed by atoms with E-state index >= 15 is 0 Å². The molecule has 0 bridgehead atoms. The second-order valence-electron chi connectivity index (χ2n) is 7.04. The van der Waals surface area contributed by atoms with E-state index in [9.17, 15) is 14.9 Å². The maximum absolute atomic E-state index is 12.6. The number of amides is 1. The monoisotopic (exact) mass is 379 g/mol. The average molecular weight is 379 g/mol. The predicted octanol–water partition coefficient (Wildman–Crippen LogP) is 3.86. The minimum Gasteiger partial charge on any atom is -0.497 e. The van der Waals surface area contributed by atoms with Gasteiger partial charge in [-0.15, -0.1) is 0 Å². The van der Waals surface area contributed by atoms with E-state index < -0.39 is 4.92 Å². The number of nitro groups is 1. The van der Waals surface area contributed by atoms with E-state index in [2.05, 4.69) is 6.07 Å². The molecule has 0 fully saturated rings. The summed E-state index contributed by atoms with van der Waals surface area (Å²) in [5, 5.41) is 17.3. The summed E-state index contributed by atoms with van der Waals surface area (Å²) in [7, 11) is 1.63. The van der Waals surface area contributed by atoms with Crippen LogP contribution >= 0.6 is 0 Å². The van der Waals surface area contributed by atoms with Gasteiger partial charge < -0.3 is 4.74 Å². The molecule has 144 valence electrons. The number of fused-ring (bicyclic) bond motifs is 3. The summed E-state index contributed by atoms with van der Waals surface area (Å²) in [6, 6.07) is 12.2. The van der Waals surface area contributed by atoms with Crippen molar-refractivity contribution in [3.63, 3.8) is 0 Å². The third-order valence-electron chi connectivity index (χ3n) is 5.53. The molecule has 0 N–H and O–H groups in total. The number of carbonyl (C=O) groups is 1. The van der Waals surface area contributed by atoms with Crippen molar-refractivity contribution in [3.05, 3.63) is 69.3 Å². The van der Waals surface area contributed by atoms with Crippen LogP contribution in [0, 0.1) is 16.0 Å². The molecular formula is C21H21N3O4. The summed E-state index contributed by atoms with van der Waals surface area (Å²) in [6.07, 6.45) is 2.10. The van der Waals surface area contributed by atoms with Crippen LogP contribution in [0.15, 0.2) is 47.6 Å². The standard InChI is InChI=1S/C21H21N3O4/c1-3-19(25)23-21(14-4-8-15(9-5-14)24(26)27)17-11-7-13-6-10-16(28-2)12-18(13)20(17)22-23/h4-6,8-10,12,17,21H,3,7,11H2,1-2H3. The highest BCUT2D eigenvalue weighted by Gasteiger charge is 2.43. The van der Waals surface area contributed by atoms with E-state index in [4.69, 9.17) is 9.84 Å². The minimum atomic E-state index is -0.418. The van der Waals surface area contributed by atoms with E-state index in [0.717, 1.165) is 35.4 Å². The zero-order valence-corrected chi connectivity index (χ0v) is 15.8. The molecule has 2 aliphatic rings. The molecule has 7 nitrogen and oxygen atoms in total. The number of benzene rings is 2. The van der Waals surface area contributed by atoms with Gasteiger partial charge in [0.25, 0.3) is 5.69 Å². The number of aryl methyl sites for hydroxylation is 1. The van der Waals surface area contributed by atoms with Crippen molar-refractivity contribution in [2.24, 2.45) is 11.0 Å². The van der Waals surface area contributed by atoms with Crippen molar-refractivity contribution in [3.8, 4) is 5.75 Å². The molecule has 0 saturated heterocycles. The number of rotatable bonds is 4. The molecule has 2 unspecified atom stereocenters. The van der Waals surface area contributed by atoms with Crippen LogP contribution in [0.4, 0.5) is 5.69 Å². The topological polar surface area (TPSA) is 85.0 Å². The summed E-state index contributed by atoms with van der Waals surface area (Å²) in [5.74, 6) is 0.750. The van der Waals surface area contributed by atoms with Crippen LogP contribution in [-0.4, -0.2) is 28.7 Å². The number of nitro benzene ring substituents is 1. The zero-order chi connectivity index (χ0) is 19.8. The number of ether oxygens (including phenoxy) is 1. The second kappa shape index (κ2) is 7.07. The number of non-ortho nitro benzene ring substituents is 1. The van der Waals surface area contributed by atoms with Gasteiger partial charge in [0.2, 0.25) is 5.91 Å². The third kappa shape index (κ3) is 2.93. The first-order chi connectivity index (χ1) is 13.5. The Morgan fingerprint density at radius 3 is 2.68 bits per heavy atom. The maximum Gasteiger partial charge on any atom is 0.269 e. The van der Waals surface area contributed by atoms with Gasteiger partial charge in [0, 0.05) is 30.0 Å². The molecule has 0 spiro atoms. The first-order valence-electron chi connectivity index (χ1n) is 9.35. The molecule has 2 aromatic carbocycles. The number of carbonyl (C=O) groups excluding carboxylic acids is 1. The third-order valence-corrected chi connectivity index (χ3v) is 5.53. The lowest BCUT2D eigenvalue weighted by molar-refractivity contribution is -0.384. The number of nitrogens with zero attached hydrogens (tertiary/aromatic N) is 3. The first kappa shape index (κ1) is 18.2. The molecule has 2 atom stereocenters. The molecule has 1 heterocycles. The molecule has 0 radical (unpaired) electrons. The second-order valence-corrected chi connectivity index (χ2v) is 7.04. The highest BCUT2D eigenvalue weighted by Crippen LogP contribution is 2.44. The predicted molar refractivity (Wildman–Crippen MR) is 104 cm³/mol. The maximum atomic E-state index is 12.6. The quantitative estimate of drug-likeness (QED) is 0.596. The van der Waals surface area contributed by atoms with E-state index in [1.54, 1.807) is 24.3 Å². The Hall–Kier alpha value is -3.22.